The summed E-state index contributed by atoms with van der Waals surface area (Å²) >= 11 is 0. The molecule has 0 bridgehead atoms. The van der Waals surface area contributed by atoms with Gasteiger partial charge in [-0.25, -0.2) is 4.79 Å². The van der Waals surface area contributed by atoms with Gasteiger partial charge >= 0.3 is 6.09 Å². The van der Waals surface area contributed by atoms with E-state index in [1.54, 1.807) is 12.0 Å². The molecule has 1 aliphatic rings. The Morgan fingerprint density at radius 1 is 1.17 bits per heavy atom. The van der Waals surface area contributed by atoms with E-state index in [4.69, 9.17) is 13.9 Å². The fraction of sp³-hybridized carbons (Fsp3) is 0.941. The molecule has 1 fully saturated rings. The Balaban J connectivity index is 2.80. The van der Waals surface area contributed by atoms with E-state index >= 15 is 0 Å². The van der Waals surface area contributed by atoms with Crippen LogP contribution in [-0.4, -0.2) is 57.3 Å². The highest BCUT2D eigenvalue weighted by atomic mass is 28.4. The molecule has 0 spiro atoms. The largest absolute Gasteiger partial charge is 0.444 e. The minimum atomic E-state index is -1.85. The van der Waals surface area contributed by atoms with Crippen LogP contribution in [0.2, 0.25) is 18.1 Å². The zero-order chi connectivity index (χ0) is 18.1. The lowest BCUT2D eigenvalue weighted by atomic mass is 10.2. The third kappa shape index (κ3) is 5.76. The smallest absolute Gasteiger partial charge is 0.410 e. The summed E-state index contributed by atoms with van der Waals surface area (Å²) in [6.07, 6.45) is 0.587. The fourth-order valence-electron chi connectivity index (χ4n) is 2.45. The summed E-state index contributed by atoms with van der Waals surface area (Å²) < 4.78 is 17.3. The lowest BCUT2D eigenvalue weighted by Crippen LogP contribution is -2.45. The summed E-state index contributed by atoms with van der Waals surface area (Å²) in [5.41, 5.74) is -0.493. The quantitative estimate of drug-likeness (QED) is 0.722. The molecular weight excluding hydrogens is 310 g/mol. The molecule has 1 aliphatic heterocycles. The van der Waals surface area contributed by atoms with E-state index in [0.29, 0.717) is 13.2 Å². The SMILES string of the molecule is COC[C@H]1CC(O[Si](C)(C)C(C)(C)C)CN1C(=O)OC(C)(C)C. The van der Waals surface area contributed by atoms with Crippen LogP contribution in [0.25, 0.3) is 0 Å². The first kappa shape index (κ1) is 20.5. The topological polar surface area (TPSA) is 48.0 Å². The molecule has 0 radical (unpaired) electrons. The van der Waals surface area contributed by atoms with Crippen molar-refractivity contribution in [3.63, 3.8) is 0 Å². The summed E-state index contributed by atoms with van der Waals surface area (Å²) in [4.78, 5) is 14.2. The maximum atomic E-state index is 12.5. The van der Waals surface area contributed by atoms with Crippen LogP contribution in [0.4, 0.5) is 4.79 Å². The van der Waals surface area contributed by atoms with Crippen LogP contribution >= 0.6 is 0 Å². The van der Waals surface area contributed by atoms with Crippen LogP contribution in [0.3, 0.4) is 0 Å². The van der Waals surface area contributed by atoms with E-state index in [1.165, 1.54) is 0 Å². The van der Waals surface area contributed by atoms with Gasteiger partial charge in [0, 0.05) is 13.7 Å². The first-order valence-corrected chi connectivity index (χ1v) is 11.3. The van der Waals surface area contributed by atoms with Gasteiger partial charge in [0.1, 0.15) is 5.60 Å². The summed E-state index contributed by atoms with van der Waals surface area (Å²) in [7, 11) is -0.191. The predicted molar refractivity (Wildman–Crippen MR) is 95.3 cm³/mol. The molecule has 0 aromatic rings. The van der Waals surface area contributed by atoms with Crippen LogP contribution in [0.15, 0.2) is 0 Å². The number of carbonyl (C=O) groups excluding carboxylic acids is 1. The molecular formula is C17H35NO4Si. The molecule has 136 valence electrons. The molecule has 1 rings (SSSR count). The van der Waals surface area contributed by atoms with Gasteiger partial charge in [-0.15, -0.1) is 0 Å². The van der Waals surface area contributed by atoms with E-state index < -0.39 is 13.9 Å². The summed E-state index contributed by atoms with van der Waals surface area (Å²) in [6, 6.07) is 0.0182. The molecule has 0 aromatic carbocycles. The maximum Gasteiger partial charge on any atom is 0.410 e. The van der Waals surface area contributed by atoms with Crippen LogP contribution in [-0.2, 0) is 13.9 Å². The predicted octanol–water partition coefficient (Wildman–Crippen LogP) is 4.03. The Labute approximate surface area is 142 Å². The molecule has 1 heterocycles. The van der Waals surface area contributed by atoms with E-state index in [0.717, 1.165) is 6.42 Å². The molecule has 23 heavy (non-hydrogen) atoms. The Morgan fingerprint density at radius 2 is 1.74 bits per heavy atom. The third-order valence-corrected chi connectivity index (χ3v) is 9.17. The zero-order valence-corrected chi connectivity index (χ0v) is 17.4. The molecule has 0 N–H and O–H groups in total. The average Bonchev–Trinajstić information content (AvgIpc) is 2.68. The highest BCUT2D eigenvalue weighted by Crippen LogP contribution is 2.39. The maximum absolute atomic E-state index is 12.5. The number of hydrogen-bond acceptors (Lipinski definition) is 4. The van der Waals surface area contributed by atoms with E-state index in [-0.39, 0.29) is 23.3 Å². The molecule has 0 aromatic heterocycles. The molecule has 1 saturated heterocycles. The Bertz CT molecular complexity index is 412. The molecule has 1 unspecified atom stereocenters. The van der Waals surface area contributed by atoms with E-state index in [9.17, 15) is 4.79 Å². The van der Waals surface area contributed by atoms with Gasteiger partial charge in [0.25, 0.3) is 0 Å². The number of likely N-dealkylation sites (tertiary alicyclic amines) is 1. The van der Waals surface area contributed by atoms with Crippen molar-refractivity contribution in [3.8, 4) is 0 Å². The van der Waals surface area contributed by atoms with Gasteiger partial charge in [-0.05, 0) is 45.3 Å². The first-order chi connectivity index (χ1) is 10.3. The lowest BCUT2D eigenvalue weighted by Gasteiger charge is -2.38. The third-order valence-electron chi connectivity index (χ3n) is 4.63. The van der Waals surface area contributed by atoms with Crippen molar-refractivity contribution >= 4 is 14.4 Å². The Kier molecular flexibility index (Phi) is 6.32. The number of rotatable bonds is 4. The number of amides is 1. The van der Waals surface area contributed by atoms with E-state index in [2.05, 4.69) is 33.9 Å². The second kappa shape index (κ2) is 7.11. The Hall–Kier alpha value is -0.593. The van der Waals surface area contributed by atoms with Crippen molar-refractivity contribution in [1.82, 2.24) is 4.90 Å². The average molecular weight is 346 g/mol. The van der Waals surface area contributed by atoms with Crippen molar-refractivity contribution in [3.05, 3.63) is 0 Å². The number of methoxy groups -OCH3 is 1. The number of nitrogens with zero attached hydrogens (tertiary/aromatic N) is 1. The molecule has 0 aliphatic carbocycles. The van der Waals surface area contributed by atoms with Crippen molar-refractivity contribution < 1.29 is 18.7 Å². The molecule has 6 heteroatoms. The van der Waals surface area contributed by atoms with Gasteiger partial charge in [0.2, 0.25) is 0 Å². The van der Waals surface area contributed by atoms with Gasteiger partial charge in [0.15, 0.2) is 8.32 Å². The fourth-order valence-corrected chi connectivity index (χ4v) is 3.80. The second-order valence-electron chi connectivity index (χ2n) is 8.98. The lowest BCUT2D eigenvalue weighted by molar-refractivity contribution is 0.0138. The van der Waals surface area contributed by atoms with Crippen molar-refractivity contribution in [1.29, 1.82) is 0 Å². The zero-order valence-electron chi connectivity index (χ0n) is 16.4. The van der Waals surface area contributed by atoms with Crippen LogP contribution in [0.5, 0.6) is 0 Å². The standard InChI is InChI=1S/C17H35NO4Si/c1-16(2,3)21-15(19)18-11-14(10-13(18)12-20-7)22-23(8,9)17(4,5)6/h13-14H,10-12H2,1-9H3/t13-,14?/m1/s1. The minimum Gasteiger partial charge on any atom is -0.444 e. The van der Waals surface area contributed by atoms with Crippen LogP contribution in [0, 0.1) is 0 Å². The normalized spacial score (nSPS) is 23.3. The van der Waals surface area contributed by atoms with Gasteiger partial charge in [0.05, 0.1) is 18.8 Å². The molecule has 0 saturated carbocycles. The van der Waals surface area contributed by atoms with E-state index in [1.807, 2.05) is 20.8 Å². The van der Waals surface area contributed by atoms with Gasteiger partial charge in [-0.2, -0.15) is 0 Å². The number of ether oxygens (including phenoxy) is 2. The van der Waals surface area contributed by atoms with Crippen molar-refractivity contribution in [2.45, 2.75) is 83.8 Å². The molecule has 1 amide bonds. The van der Waals surface area contributed by atoms with Crippen LogP contribution < -0.4 is 0 Å². The number of carbonyl (C=O) groups is 1. The monoisotopic (exact) mass is 345 g/mol. The van der Waals surface area contributed by atoms with Gasteiger partial charge in [-0.1, -0.05) is 20.8 Å². The van der Waals surface area contributed by atoms with Crippen molar-refractivity contribution in [2.24, 2.45) is 0 Å². The summed E-state index contributed by atoms with van der Waals surface area (Å²) in [5.74, 6) is 0. The van der Waals surface area contributed by atoms with Gasteiger partial charge in [-0.3, -0.25) is 0 Å². The summed E-state index contributed by atoms with van der Waals surface area (Å²) in [5, 5.41) is 0.156. The van der Waals surface area contributed by atoms with Crippen molar-refractivity contribution in [2.75, 3.05) is 20.3 Å². The minimum absolute atomic E-state index is 0.0182. The highest BCUT2D eigenvalue weighted by molar-refractivity contribution is 6.74. The Morgan fingerprint density at radius 3 is 2.17 bits per heavy atom. The highest BCUT2D eigenvalue weighted by Gasteiger charge is 2.44. The summed E-state index contributed by atoms with van der Waals surface area (Å²) in [6.45, 7) is 17.9. The molecule has 2 atom stereocenters. The molecule has 5 nitrogen and oxygen atoms in total. The van der Waals surface area contributed by atoms with Crippen LogP contribution in [0.1, 0.15) is 48.0 Å². The van der Waals surface area contributed by atoms with Gasteiger partial charge < -0.3 is 18.8 Å². The number of hydrogen-bond donors (Lipinski definition) is 0. The first-order valence-electron chi connectivity index (χ1n) is 8.43. The second-order valence-corrected chi connectivity index (χ2v) is 13.7.